The second-order valence-electron chi connectivity index (χ2n) is 11.7. The number of hydrogen-bond donors (Lipinski definition) is 2. The molecular formula is C37H30N4O8S2+2. The van der Waals surface area contributed by atoms with Gasteiger partial charge in [-0.1, -0.05) is 62.4 Å². The monoisotopic (exact) mass is 722 g/mol. The van der Waals surface area contributed by atoms with Gasteiger partial charge in [0.1, 0.15) is 21.3 Å². The van der Waals surface area contributed by atoms with Crippen molar-refractivity contribution in [3.63, 3.8) is 0 Å². The SMILES string of the molecule is CCC(CC)(c1ccc(OS(=O)(=O)c2cccc3c(O)c([N+]#N)ccc23)cc1)c1ccc(OS(=O)(=O)c2cccc3c(O)c([N+]#N)ccc23)cc1. The van der Waals surface area contributed by atoms with Crippen LogP contribution in [0.1, 0.15) is 37.8 Å². The molecule has 14 heteroatoms. The van der Waals surface area contributed by atoms with Gasteiger partial charge in [-0.3, -0.25) is 0 Å². The molecule has 0 fully saturated rings. The topological polar surface area (TPSA) is 184 Å². The number of diazo groups is 2. The van der Waals surface area contributed by atoms with Crippen molar-refractivity contribution >= 4 is 53.2 Å². The van der Waals surface area contributed by atoms with Crippen molar-refractivity contribution < 1.29 is 35.4 Å². The zero-order valence-electron chi connectivity index (χ0n) is 27.3. The third kappa shape index (κ3) is 6.12. The number of rotatable bonds is 10. The summed E-state index contributed by atoms with van der Waals surface area (Å²) in [6.45, 7) is 4.04. The molecule has 6 aromatic rings. The van der Waals surface area contributed by atoms with E-state index in [4.69, 9.17) is 19.2 Å². The number of aromatic hydroxyl groups is 2. The summed E-state index contributed by atoms with van der Waals surface area (Å²) in [7, 11) is -8.68. The Kier molecular flexibility index (Phi) is 8.99. The third-order valence-corrected chi connectivity index (χ3v) is 11.7. The average molecular weight is 723 g/mol. The second-order valence-corrected chi connectivity index (χ2v) is 14.7. The molecule has 0 saturated heterocycles. The van der Waals surface area contributed by atoms with Crippen LogP contribution in [0.2, 0.25) is 0 Å². The van der Waals surface area contributed by atoms with Crippen molar-refractivity contribution in [3.8, 4) is 23.0 Å². The summed E-state index contributed by atoms with van der Waals surface area (Å²) < 4.78 is 64.5. The zero-order valence-corrected chi connectivity index (χ0v) is 28.9. The standard InChI is InChI=1S/C37H28N4O8S2/c1-3-37(4-2,23-11-15-25(16-12-23)48-50(44,45)33-9-5-7-29-27(33)19-21-31(40-38)35(29)42)24-13-17-26(18-14-24)49-51(46,47)34-10-6-8-30-28(34)20-22-32(41-39)36(30)43/h5-22H,3-4H2,1-2H3/p+2. The molecule has 0 unspecified atom stereocenters. The summed E-state index contributed by atoms with van der Waals surface area (Å²) in [5, 5.41) is 39.8. The Morgan fingerprint density at radius 3 is 1.25 bits per heavy atom. The van der Waals surface area contributed by atoms with E-state index in [0.29, 0.717) is 12.8 Å². The first-order chi connectivity index (χ1) is 24.4. The van der Waals surface area contributed by atoms with Crippen LogP contribution in [-0.4, -0.2) is 27.0 Å². The maximum Gasteiger partial charge on any atom is 0.426 e. The van der Waals surface area contributed by atoms with Crippen molar-refractivity contribution in [1.82, 2.24) is 0 Å². The van der Waals surface area contributed by atoms with Gasteiger partial charge in [-0.15, -0.1) is 0 Å². The lowest BCUT2D eigenvalue weighted by Gasteiger charge is -2.33. The first kappa shape index (κ1) is 34.6. The molecule has 0 bridgehead atoms. The minimum atomic E-state index is -4.34. The number of fused-ring (bicyclic) bond motifs is 2. The van der Waals surface area contributed by atoms with Crippen molar-refractivity contribution in [2.75, 3.05) is 0 Å². The van der Waals surface area contributed by atoms with Crippen LogP contribution in [0.4, 0.5) is 11.4 Å². The molecule has 0 amide bonds. The molecule has 6 rings (SSSR count). The van der Waals surface area contributed by atoms with E-state index in [1.807, 2.05) is 13.8 Å². The van der Waals surface area contributed by atoms with E-state index in [1.165, 1.54) is 60.7 Å². The van der Waals surface area contributed by atoms with Crippen molar-refractivity contribution in [2.45, 2.75) is 41.9 Å². The highest BCUT2D eigenvalue weighted by molar-refractivity contribution is 7.87. The molecule has 51 heavy (non-hydrogen) atoms. The van der Waals surface area contributed by atoms with Crippen molar-refractivity contribution in [2.24, 2.45) is 0 Å². The van der Waals surface area contributed by atoms with Crippen LogP contribution in [0.5, 0.6) is 23.0 Å². The fraction of sp³-hybridized carbons (Fsp3) is 0.135. The maximum absolute atomic E-state index is 13.4. The van der Waals surface area contributed by atoms with Gasteiger partial charge in [0, 0.05) is 39.1 Å². The lowest BCUT2D eigenvalue weighted by atomic mass is 9.70. The summed E-state index contributed by atoms with van der Waals surface area (Å²) in [4.78, 5) is 5.68. The van der Waals surface area contributed by atoms with Crippen LogP contribution >= 0.6 is 0 Å². The zero-order chi connectivity index (χ0) is 36.6. The molecule has 0 aliphatic carbocycles. The lowest BCUT2D eigenvalue weighted by Crippen LogP contribution is -2.26. The first-order valence-electron chi connectivity index (χ1n) is 15.7. The highest BCUT2D eigenvalue weighted by atomic mass is 32.2. The van der Waals surface area contributed by atoms with Gasteiger partial charge in [-0.05, 0) is 72.5 Å². The molecule has 0 radical (unpaired) electrons. The van der Waals surface area contributed by atoms with Gasteiger partial charge in [0.25, 0.3) is 0 Å². The number of phenols is 2. The van der Waals surface area contributed by atoms with Crippen LogP contribution in [0.15, 0.2) is 119 Å². The maximum atomic E-state index is 13.4. The minimum absolute atomic E-state index is 0.0701. The van der Waals surface area contributed by atoms with Crippen molar-refractivity contribution in [3.05, 3.63) is 130 Å². The molecule has 0 aliphatic heterocycles. The Labute approximate surface area is 293 Å². The Bertz CT molecular complexity index is 2450. The van der Waals surface area contributed by atoms with E-state index in [9.17, 15) is 27.0 Å². The van der Waals surface area contributed by atoms with E-state index in [1.54, 1.807) is 48.5 Å². The fourth-order valence-electron chi connectivity index (χ4n) is 6.44. The Hall–Kier alpha value is -6.22. The third-order valence-electron chi connectivity index (χ3n) is 9.13. The molecule has 0 saturated carbocycles. The Morgan fingerprint density at radius 2 is 0.922 bits per heavy atom. The predicted octanol–water partition coefficient (Wildman–Crippen LogP) is 9.01. The minimum Gasteiger partial charge on any atom is -0.501 e. The average Bonchev–Trinajstić information content (AvgIpc) is 3.13. The van der Waals surface area contributed by atoms with Crippen LogP contribution in [0, 0.1) is 10.8 Å². The van der Waals surface area contributed by atoms with Gasteiger partial charge in [0.05, 0.1) is 0 Å². The summed E-state index contributed by atoms with van der Waals surface area (Å²) in [6.07, 6.45) is 1.31. The van der Waals surface area contributed by atoms with Crippen LogP contribution in [-0.2, 0) is 25.7 Å². The van der Waals surface area contributed by atoms with E-state index in [0.717, 1.165) is 11.1 Å². The number of nitrogens with zero attached hydrogens (tertiary/aromatic N) is 4. The van der Waals surface area contributed by atoms with Gasteiger partial charge >= 0.3 is 31.6 Å². The van der Waals surface area contributed by atoms with E-state index in [-0.39, 0.29) is 65.7 Å². The van der Waals surface area contributed by atoms with Crippen molar-refractivity contribution in [1.29, 1.82) is 10.8 Å². The summed E-state index contributed by atoms with van der Waals surface area (Å²) in [5.74, 6) is -0.593. The fourth-order valence-corrected chi connectivity index (χ4v) is 8.73. The molecule has 256 valence electrons. The summed E-state index contributed by atoms with van der Waals surface area (Å²) >= 11 is 0. The Morgan fingerprint density at radius 1 is 0.549 bits per heavy atom. The largest absolute Gasteiger partial charge is 0.501 e. The van der Waals surface area contributed by atoms with Gasteiger partial charge in [-0.25, -0.2) is 0 Å². The number of benzene rings is 6. The molecule has 0 spiro atoms. The Balaban J connectivity index is 1.25. The van der Waals surface area contributed by atoms with Crippen LogP contribution in [0.25, 0.3) is 31.5 Å². The van der Waals surface area contributed by atoms with E-state index in [2.05, 4.69) is 9.95 Å². The van der Waals surface area contributed by atoms with Gasteiger partial charge in [0.15, 0.2) is 9.95 Å². The van der Waals surface area contributed by atoms with E-state index < -0.39 is 25.7 Å². The van der Waals surface area contributed by atoms with Gasteiger partial charge < -0.3 is 18.6 Å². The molecular weight excluding hydrogens is 693 g/mol. The molecule has 0 heterocycles. The summed E-state index contributed by atoms with van der Waals surface area (Å²) in [5.41, 5.74) is 1.01. The lowest BCUT2D eigenvalue weighted by molar-refractivity contribution is 0.471. The predicted molar refractivity (Wildman–Crippen MR) is 191 cm³/mol. The normalized spacial score (nSPS) is 11.9. The molecule has 6 aromatic carbocycles. The van der Waals surface area contributed by atoms with Crippen LogP contribution < -0.4 is 8.37 Å². The number of phenolic OH excluding ortho intramolecular Hbond substituents is 2. The molecule has 2 N–H and O–H groups in total. The number of hydrogen-bond acceptors (Lipinski definition) is 10. The molecule has 12 nitrogen and oxygen atoms in total. The molecule has 0 aliphatic rings. The smallest absolute Gasteiger partial charge is 0.426 e. The first-order valence-corrected chi connectivity index (χ1v) is 18.5. The highest BCUT2D eigenvalue weighted by Crippen LogP contribution is 2.42. The molecule has 0 atom stereocenters. The van der Waals surface area contributed by atoms with Crippen LogP contribution in [0.3, 0.4) is 0 Å². The highest BCUT2D eigenvalue weighted by Gasteiger charge is 2.32. The van der Waals surface area contributed by atoms with Gasteiger partial charge in [0.2, 0.25) is 22.3 Å². The van der Waals surface area contributed by atoms with E-state index >= 15 is 0 Å². The quantitative estimate of drug-likeness (QED) is 0.102. The summed E-state index contributed by atoms with van der Waals surface area (Å²) in [6, 6.07) is 27.4. The molecule has 0 aromatic heterocycles. The van der Waals surface area contributed by atoms with Gasteiger partial charge in [-0.2, -0.15) is 16.8 Å². The second kappa shape index (κ2) is 13.2.